The Bertz CT molecular complexity index is 1200. The van der Waals surface area contributed by atoms with Gasteiger partial charge in [0.25, 0.3) is 0 Å². The number of aryl methyl sites for hydroxylation is 1. The third-order valence-corrected chi connectivity index (χ3v) is 4.51. The Balaban J connectivity index is 2.07. The molecule has 3 heteroatoms. The number of pyridine rings is 2. The van der Waals surface area contributed by atoms with Gasteiger partial charge < -0.3 is 0 Å². The number of para-hydroxylation sites is 1. The van der Waals surface area contributed by atoms with Crippen LogP contribution in [-0.2, 0) is 0 Å². The molecule has 2 aromatic carbocycles. The molecule has 0 aliphatic carbocycles. The van der Waals surface area contributed by atoms with E-state index >= 15 is 0 Å². The molecule has 0 saturated heterocycles. The number of rotatable bonds is 1. The third kappa shape index (κ3) is 1.78. The van der Waals surface area contributed by atoms with E-state index in [0.717, 1.165) is 44.4 Å². The van der Waals surface area contributed by atoms with Gasteiger partial charge >= 0.3 is 0 Å². The van der Waals surface area contributed by atoms with Gasteiger partial charge in [-0.3, -0.25) is 4.40 Å². The van der Waals surface area contributed by atoms with E-state index in [1.165, 1.54) is 0 Å². The van der Waals surface area contributed by atoms with Crippen molar-refractivity contribution in [2.45, 2.75) is 6.92 Å². The summed E-state index contributed by atoms with van der Waals surface area (Å²) in [5, 5.41) is 1.09. The number of aromatic nitrogens is 3. The minimum Gasteiger partial charge on any atom is -0.297 e. The summed E-state index contributed by atoms with van der Waals surface area (Å²) in [6.45, 7) is 2.10. The van der Waals surface area contributed by atoms with Crippen molar-refractivity contribution in [2.75, 3.05) is 0 Å². The van der Waals surface area contributed by atoms with Crippen molar-refractivity contribution in [3.8, 4) is 11.3 Å². The van der Waals surface area contributed by atoms with Crippen molar-refractivity contribution < 1.29 is 0 Å². The van der Waals surface area contributed by atoms with Gasteiger partial charge in [-0.25, -0.2) is 9.97 Å². The van der Waals surface area contributed by atoms with E-state index in [0.29, 0.717) is 0 Å². The number of fused-ring (bicyclic) bond motifs is 5. The second-order valence-corrected chi connectivity index (χ2v) is 6.04. The molecule has 5 rings (SSSR count). The quantitative estimate of drug-likeness (QED) is 0.435. The highest BCUT2D eigenvalue weighted by Gasteiger charge is 2.16. The fourth-order valence-electron chi connectivity index (χ4n) is 3.36. The van der Waals surface area contributed by atoms with Crippen LogP contribution in [0.4, 0.5) is 0 Å². The van der Waals surface area contributed by atoms with Crippen LogP contribution in [0.2, 0.25) is 0 Å². The molecule has 0 N–H and O–H groups in total. The molecule has 24 heavy (non-hydrogen) atoms. The zero-order valence-electron chi connectivity index (χ0n) is 13.3. The van der Waals surface area contributed by atoms with Crippen LogP contribution in [0.1, 0.15) is 5.56 Å². The first-order chi connectivity index (χ1) is 11.8. The molecule has 3 aromatic heterocycles. The molecular formula is C21H15N3. The van der Waals surface area contributed by atoms with Gasteiger partial charge in [0.1, 0.15) is 11.2 Å². The third-order valence-electron chi connectivity index (χ3n) is 4.51. The molecule has 0 spiro atoms. The summed E-state index contributed by atoms with van der Waals surface area (Å²) in [5.41, 5.74) is 7.29. The van der Waals surface area contributed by atoms with Crippen molar-refractivity contribution in [3.63, 3.8) is 0 Å². The summed E-state index contributed by atoms with van der Waals surface area (Å²) in [5.74, 6) is 0. The van der Waals surface area contributed by atoms with Crippen LogP contribution in [0.5, 0.6) is 0 Å². The summed E-state index contributed by atoms with van der Waals surface area (Å²) in [4.78, 5) is 9.92. The topological polar surface area (TPSA) is 30.2 Å². The SMILES string of the molecule is Cc1cccn2c1nc1c3ccccc3nc(-c3ccccc3)c12. The summed E-state index contributed by atoms with van der Waals surface area (Å²) in [7, 11) is 0. The standard InChI is InChI=1S/C21H15N3/c1-14-8-7-13-24-20-18(15-9-3-2-4-10-15)22-17-12-6-5-11-16(17)19(20)23-21(14)24/h2-13H,1H3. The van der Waals surface area contributed by atoms with E-state index in [9.17, 15) is 0 Å². The van der Waals surface area contributed by atoms with E-state index in [1.807, 2.05) is 30.3 Å². The minimum atomic E-state index is 0.974. The number of imidazole rings is 1. The zero-order valence-corrected chi connectivity index (χ0v) is 13.3. The lowest BCUT2D eigenvalue weighted by Crippen LogP contribution is -1.92. The van der Waals surface area contributed by atoms with Gasteiger partial charge in [0.05, 0.1) is 16.7 Å². The van der Waals surface area contributed by atoms with Crippen LogP contribution >= 0.6 is 0 Å². The zero-order chi connectivity index (χ0) is 16.1. The first-order valence-corrected chi connectivity index (χ1v) is 8.04. The number of nitrogens with zero attached hydrogens (tertiary/aromatic N) is 3. The van der Waals surface area contributed by atoms with E-state index in [2.05, 4.69) is 53.9 Å². The predicted octanol–water partition coefficient (Wildman–Crippen LogP) is 5.01. The second kappa shape index (κ2) is 4.90. The molecule has 3 nitrogen and oxygen atoms in total. The van der Waals surface area contributed by atoms with Crippen molar-refractivity contribution in [1.82, 2.24) is 14.4 Å². The van der Waals surface area contributed by atoms with Crippen LogP contribution in [0.25, 0.3) is 38.8 Å². The molecule has 0 bridgehead atoms. The van der Waals surface area contributed by atoms with E-state index in [-0.39, 0.29) is 0 Å². The second-order valence-electron chi connectivity index (χ2n) is 6.04. The summed E-state index contributed by atoms with van der Waals surface area (Å²) >= 11 is 0. The van der Waals surface area contributed by atoms with Gasteiger partial charge in [-0.1, -0.05) is 54.6 Å². The van der Waals surface area contributed by atoms with Crippen LogP contribution in [0.15, 0.2) is 72.9 Å². The first-order valence-electron chi connectivity index (χ1n) is 8.04. The highest BCUT2D eigenvalue weighted by Crippen LogP contribution is 2.33. The smallest absolute Gasteiger partial charge is 0.140 e. The molecule has 0 radical (unpaired) electrons. The largest absolute Gasteiger partial charge is 0.297 e. The highest BCUT2D eigenvalue weighted by molar-refractivity contribution is 6.09. The first kappa shape index (κ1) is 13.3. The van der Waals surface area contributed by atoms with Crippen LogP contribution < -0.4 is 0 Å². The Hall–Kier alpha value is -3.20. The van der Waals surface area contributed by atoms with E-state index in [4.69, 9.17) is 9.97 Å². The van der Waals surface area contributed by atoms with Crippen molar-refractivity contribution in [2.24, 2.45) is 0 Å². The Labute approximate surface area is 139 Å². The molecule has 5 aromatic rings. The predicted molar refractivity (Wildman–Crippen MR) is 98.2 cm³/mol. The molecule has 3 heterocycles. The number of hydrogen-bond acceptors (Lipinski definition) is 2. The lowest BCUT2D eigenvalue weighted by Gasteiger charge is -2.07. The van der Waals surface area contributed by atoms with Gasteiger partial charge in [0, 0.05) is 17.1 Å². The van der Waals surface area contributed by atoms with Gasteiger partial charge in [0.15, 0.2) is 0 Å². The fraction of sp³-hybridized carbons (Fsp3) is 0.0476. The number of benzene rings is 2. The molecule has 0 fully saturated rings. The molecule has 0 aliphatic rings. The van der Waals surface area contributed by atoms with Crippen LogP contribution in [0, 0.1) is 6.92 Å². The summed E-state index contributed by atoms with van der Waals surface area (Å²) in [6, 6.07) is 22.7. The summed E-state index contributed by atoms with van der Waals surface area (Å²) < 4.78 is 2.16. The van der Waals surface area contributed by atoms with Gasteiger partial charge in [-0.2, -0.15) is 0 Å². The lowest BCUT2D eigenvalue weighted by molar-refractivity contribution is 1.19. The highest BCUT2D eigenvalue weighted by atomic mass is 15.0. The van der Waals surface area contributed by atoms with Crippen molar-refractivity contribution in [3.05, 3.63) is 78.5 Å². The Morgan fingerprint density at radius 3 is 2.46 bits per heavy atom. The monoisotopic (exact) mass is 309 g/mol. The van der Waals surface area contributed by atoms with Crippen molar-refractivity contribution >= 4 is 27.6 Å². The van der Waals surface area contributed by atoms with E-state index in [1.54, 1.807) is 0 Å². The van der Waals surface area contributed by atoms with Crippen molar-refractivity contribution in [1.29, 1.82) is 0 Å². The Kier molecular flexibility index (Phi) is 2.71. The molecule has 0 atom stereocenters. The van der Waals surface area contributed by atoms with Crippen LogP contribution in [-0.4, -0.2) is 14.4 Å². The maximum absolute atomic E-state index is 4.96. The van der Waals surface area contributed by atoms with Gasteiger partial charge in [-0.15, -0.1) is 0 Å². The number of hydrogen-bond donors (Lipinski definition) is 0. The maximum atomic E-state index is 4.96. The maximum Gasteiger partial charge on any atom is 0.140 e. The summed E-state index contributed by atoms with van der Waals surface area (Å²) in [6.07, 6.45) is 2.07. The Morgan fingerprint density at radius 2 is 1.58 bits per heavy atom. The molecule has 114 valence electrons. The van der Waals surface area contributed by atoms with Gasteiger partial charge in [0.2, 0.25) is 0 Å². The average molecular weight is 309 g/mol. The van der Waals surface area contributed by atoms with E-state index < -0.39 is 0 Å². The fourth-order valence-corrected chi connectivity index (χ4v) is 3.36. The Morgan fingerprint density at radius 1 is 0.792 bits per heavy atom. The molecule has 0 aliphatic heterocycles. The molecule has 0 unspecified atom stereocenters. The molecule has 0 saturated carbocycles. The van der Waals surface area contributed by atoms with Crippen LogP contribution in [0.3, 0.4) is 0 Å². The lowest BCUT2D eigenvalue weighted by atomic mass is 10.1. The molecular weight excluding hydrogens is 294 g/mol. The normalized spacial score (nSPS) is 11.5. The average Bonchev–Trinajstić information content (AvgIpc) is 3.03. The minimum absolute atomic E-state index is 0.974. The van der Waals surface area contributed by atoms with Gasteiger partial charge in [-0.05, 0) is 24.6 Å². The molecule has 0 amide bonds.